The van der Waals surface area contributed by atoms with Crippen LogP contribution in [0.3, 0.4) is 0 Å². The predicted molar refractivity (Wildman–Crippen MR) is 82.6 cm³/mol. The van der Waals surface area contributed by atoms with Crippen LogP contribution in [0.5, 0.6) is 0 Å². The zero-order valence-electron chi connectivity index (χ0n) is 12.8. The van der Waals surface area contributed by atoms with Crippen molar-refractivity contribution in [1.29, 1.82) is 5.26 Å². The average molecular weight is 316 g/mol. The van der Waals surface area contributed by atoms with Gasteiger partial charge in [0, 0.05) is 45.0 Å². The fourth-order valence-electron chi connectivity index (χ4n) is 2.27. The Hall–Kier alpha value is -2.88. The minimum Gasteiger partial charge on any atom is -0.360 e. The van der Waals surface area contributed by atoms with Crippen LogP contribution in [-0.4, -0.2) is 47.8 Å². The van der Waals surface area contributed by atoms with Crippen molar-refractivity contribution < 1.29 is 14.0 Å². The van der Waals surface area contributed by atoms with Gasteiger partial charge in [0.05, 0.1) is 0 Å². The van der Waals surface area contributed by atoms with Gasteiger partial charge >= 0.3 is 0 Å². The van der Waals surface area contributed by atoms with Gasteiger partial charge in [-0.3, -0.25) is 9.59 Å². The summed E-state index contributed by atoms with van der Waals surface area (Å²) in [6.07, 6.45) is 1.27. The Kier molecular flexibility index (Phi) is 5.31. The van der Waals surface area contributed by atoms with E-state index < -0.39 is 11.7 Å². The Labute approximate surface area is 133 Å². The fraction of sp³-hybridized carbons (Fsp3) is 0.312. The van der Waals surface area contributed by atoms with E-state index in [0.29, 0.717) is 31.9 Å². The first-order chi connectivity index (χ1) is 11.0. The van der Waals surface area contributed by atoms with E-state index >= 15 is 0 Å². The van der Waals surface area contributed by atoms with Gasteiger partial charge in [-0.1, -0.05) is 6.07 Å². The van der Waals surface area contributed by atoms with Gasteiger partial charge in [-0.15, -0.1) is 0 Å². The number of carbonyl (C=O) groups excluding carboxylic acids is 2. The van der Waals surface area contributed by atoms with Crippen molar-refractivity contribution in [3.8, 4) is 6.07 Å². The Morgan fingerprint density at radius 3 is 2.48 bits per heavy atom. The molecule has 1 aliphatic rings. The van der Waals surface area contributed by atoms with E-state index in [2.05, 4.69) is 5.32 Å². The third kappa shape index (κ3) is 4.30. The standard InChI is InChI=1S/C16H17FN4O2/c1-12(22)20-5-7-21(8-6-20)16(23)13(10-18)11-19-15-4-2-3-14(17)9-15/h2-4,9,11,19H,5-8H2,1H3/b13-11-. The number of amides is 2. The molecule has 1 aromatic rings. The highest BCUT2D eigenvalue weighted by Gasteiger charge is 2.24. The summed E-state index contributed by atoms with van der Waals surface area (Å²) >= 11 is 0. The molecule has 0 unspecified atom stereocenters. The largest absolute Gasteiger partial charge is 0.360 e. The summed E-state index contributed by atoms with van der Waals surface area (Å²) in [5, 5.41) is 11.9. The number of nitrogens with one attached hydrogen (secondary N) is 1. The smallest absolute Gasteiger partial charge is 0.266 e. The van der Waals surface area contributed by atoms with Crippen LogP contribution in [0, 0.1) is 17.1 Å². The van der Waals surface area contributed by atoms with Crippen LogP contribution in [0.1, 0.15) is 6.92 Å². The first kappa shape index (κ1) is 16.5. The van der Waals surface area contributed by atoms with Crippen molar-refractivity contribution in [1.82, 2.24) is 9.80 Å². The zero-order valence-corrected chi connectivity index (χ0v) is 12.8. The molecule has 6 nitrogen and oxygen atoms in total. The van der Waals surface area contributed by atoms with E-state index in [0.717, 1.165) is 0 Å². The number of rotatable bonds is 3. The maximum atomic E-state index is 13.1. The summed E-state index contributed by atoms with van der Waals surface area (Å²) in [5.74, 6) is -0.839. The van der Waals surface area contributed by atoms with Gasteiger partial charge in [0.15, 0.2) is 0 Å². The second-order valence-corrected chi connectivity index (χ2v) is 5.12. The van der Waals surface area contributed by atoms with Crippen LogP contribution < -0.4 is 5.32 Å². The topological polar surface area (TPSA) is 76.4 Å². The Morgan fingerprint density at radius 1 is 1.26 bits per heavy atom. The molecule has 0 aromatic heterocycles. The molecule has 1 fully saturated rings. The maximum Gasteiger partial charge on any atom is 0.266 e. The number of anilines is 1. The predicted octanol–water partition coefficient (Wildman–Crippen LogP) is 1.34. The third-order valence-corrected chi connectivity index (χ3v) is 3.57. The van der Waals surface area contributed by atoms with Gasteiger partial charge in [-0.2, -0.15) is 5.26 Å². The molecule has 2 rings (SSSR count). The molecule has 0 saturated carbocycles. The van der Waals surface area contributed by atoms with Crippen molar-refractivity contribution in [3.63, 3.8) is 0 Å². The number of hydrogen-bond donors (Lipinski definition) is 1. The van der Waals surface area contributed by atoms with Crippen LogP contribution in [0.2, 0.25) is 0 Å². The van der Waals surface area contributed by atoms with E-state index in [4.69, 9.17) is 5.26 Å². The van der Waals surface area contributed by atoms with Crippen LogP contribution in [0.4, 0.5) is 10.1 Å². The molecule has 1 N–H and O–H groups in total. The Bertz CT molecular complexity index is 673. The highest BCUT2D eigenvalue weighted by atomic mass is 19.1. The number of hydrogen-bond acceptors (Lipinski definition) is 4. The molecule has 1 saturated heterocycles. The lowest BCUT2D eigenvalue weighted by molar-refractivity contribution is -0.136. The van der Waals surface area contributed by atoms with Crippen molar-refractivity contribution in [2.75, 3.05) is 31.5 Å². The molecular formula is C16H17FN4O2. The highest BCUT2D eigenvalue weighted by molar-refractivity contribution is 5.97. The second kappa shape index (κ2) is 7.40. The van der Waals surface area contributed by atoms with E-state index in [-0.39, 0.29) is 11.5 Å². The highest BCUT2D eigenvalue weighted by Crippen LogP contribution is 2.11. The summed E-state index contributed by atoms with van der Waals surface area (Å²) < 4.78 is 13.1. The van der Waals surface area contributed by atoms with Gasteiger partial charge in [-0.05, 0) is 18.2 Å². The monoisotopic (exact) mass is 316 g/mol. The molecule has 1 aliphatic heterocycles. The molecule has 2 amide bonds. The number of nitriles is 1. The number of carbonyl (C=O) groups is 2. The minimum absolute atomic E-state index is 0.0269. The van der Waals surface area contributed by atoms with Crippen LogP contribution in [0.15, 0.2) is 36.0 Å². The minimum atomic E-state index is -0.409. The number of nitrogens with zero attached hydrogens (tertiary/aromatic N) is 3. The molecule has 0 aliphatic carbocycles. The van der Waals surface area contributed by atoms with Crippen molar-refractivity contribution in [2.24, 2.45) is 0 Å². The van der Waals surface area contributed by atoms with Gasteiger partial charge in [0.25, 0.3) is 5.91 Å². The SMILES string of the molecule is CC(=O)N1CCN(C(=O)/C(C#N)=C\Nc2cccc(F)c2)CC1. The molecule has 0 atom stereocenters. The molecule has 0 radical (unpaired) electrons. The molecule has 0 spiro atoms. The number of halogens is 1. The lowest BCUT2D eigenvalue weighted by Gasteiger charge is -2.34. The van der Waals surface area contributed by atoms with Crippen LogP contribution in [0.25, 0.3) is 0 Å². The van der Waals surface area contributed by atoms with Crippen LogP contribution in [-0.2, 0) is 9.59 Å². The lowest BCUT2D eigenvalue weighted by atomic mass is 10.2. The molecular weight excluding hydrogens is 299 g/mol. The number of piperazine rings is 1. The van der Waals surface area contributed by atoms with Gasteiger partial charge in [0.1, 0.15) is 17.5 Å². The second-order valence-electron chi connectivity index (χ2n) is 5.12. The van der Waals surface area contributed by atoms with E-state index in [1.165, 1.54) is 36.2 Å². The first-order valence-corrected chi connectivity index (χ1v) is 7.18. The summed E-state index contributed by atoms with van der Waals surface area (Å²) in [7, 11) is 0. The maximum absolute atomic E-state index is 13.1. The zero-order chi connectivity index (χ0) is 16.8. The normalized spacial score (nSPS) is 15.1. The molecule has 7 heteroatoms. The van der Waals surface area contributed by atoms with Crippen molar-refractivity contribution >= 4 is 17.5 Å². The summed E-state index contributed by atoms with van der Waals surface area (Å²) in [6, 6.07) is 7.58. The molecule has 1 heterocycles. The number of benzene rings is 1. The molecule has 1 aromatic carbocycles. The van der Waals surface area contributed by atoms with Crippen LogP contribution >= 0.6 is 0 Å². The Morgan fingerprint density at radius 2 is 1.91 bits per heavy atom. The van der Waals surface area contributed by atoms with E-state index in [9.17, 15) is 14.0 Å². The summed E-state index contributed by atoms with van der Waals surface area (Å²) in [6.45, 7) is 3.17. The van der Waals surface area contributed by atoms with Gasteiger partial charge < -0.3 is 15.1 Å². The Balaban J connectivity index is 2.00. The molecule has 23 heavy (non-hydrogen) atoms. The lowest BCUT2D eigenvalue weighted by Crippen LogP contribution is -2.50. The first-order valence-electron chi connectivity index (χ1n) is 7.18. The third-order valence-electron chi connectivity index (χ3n) is 3.57. The van der Waals surface area contributed by atoms with E-state index in [1.54, 1.807) is 11.0 Å². The average Bonchev–Trinajstić information content (AvgIpc) is 2.55. The summed E-state index contributed by atoms with van der Waals surface area (Å²) in [4.78, 5) is 26.8. The summed E-state index contributed by atoms with van der Waals surface area (Å²) in [5.41, 5.74) is 0.387. The van der Waals surface area contributed by atoms with Crippen molar-refractivity contribution in [2.45, 2.75) is 6.92 Å². The fourth-order valence-corrected chi connectivity index (χ4v) is 2.27. The van der Waals surface area contributed by atoms with Gasteiger partial charge in [0.2, 0.25) is 5.91 Å². The van der Waals surface area contributed by atoms with Gasteiger partial charge in [-0.25, -0.2) is 4.39 Å². The van der Waals surface area contributed by atoms with E-state index in [1.807, 2.05) is 6.07 Å². The molecule has 0 bridgehead atoms. The van der Waals surface area contributed by atoms with Crippen molar-refractivity contribution in [3.05, 3.63) is 41.9 Å². The quantitative estimate of drug-likeness (QED) is 0.674. The molecule has 120 valence electrons.